The van der Waals surface area contributed by atoms with Crippen molar-refractivity contribution in [2.75, 3.05) is 13.1 Å². The van der Waals surface area contributed by atoms with Crippen LogP contribution >= 0.6 is 0 Å². The van der Waals surface area contributed by atoms with E-state index < -0.39 is 17.4 Å². The molecule has 19 heavy (non-hydrogen) atoms. The molecule has 0 aromatic rings. The molecule has 1 aliphatic carbocycles. The number of amides is 2. The molecule has 0 aromatic carbocycles. The highest BCUT2D eigenvalue weighted by Gasteiger charge is 2.49. The lowest BCUT2D eigenvalue weighted by Gasteiger charge is -2.27. The third kappa shape index (κ3) is 2.57. The van der Waals surface area contributed by atoms with E-state index in [4.69, 9.17) is 0 Å². The highest BCUT2D eigenvalue weighted by molar-refractivity contribution is 5.92. The molecule has 0 spiro atoms. The van der Waals surface area contributed by atoms with Crippen molar-refractivity contribution in [3.05, 3.63) is 0 Å². The molecular formula is C13H20N2O4. The van der Waals surface area contributed by atoms with Crippen LogP contribution in [0.4, 0.5) is 0 Å². The minimum atomic E-state index is -1.19. The quantitative estimate of drug-likeness (QED) is 0.747. The second-order valence-corrected chi connectivity index (χ2v) is 5.60. The topological polar surface area (TPSA) is 86.7 Å². The highest BCUT2D eigenvalue weighted by atomic mass is 16.4. The maximum atomic E-state index is 12.2. The first-order valence-corrected chi connectivity index (χ1v) is 6.71. The zero-order valence-electron chi connectivity index (χ0n) is 11.3. The summed E-state index contributed by atoms with van der Waals surface area (Å²) in [4.78, 5) is 36.7. The Balaban J connectivity index is 2.01. The molecule has 2 aliphatic rings. The Kier molecular flexibility index (Phi) is 3.52. The minimum Gasteiger partial charge on any atom is -0.480 e. The van der Waals surface area contributed by atoms with Crippen LogP contribution in [-0.2, 0) is 14.4 Å². The zero-order valence-corrected chi connectivity index (χ0v) is 11.3. The maximum Gasteiger partial charge on any atom is 0.329 e. The van der Waals surface area contributed by atoms with Crippen LogP contribution in [0.15, 0.2) is 0 Å². The van der Waals surface area contributed by atoms with Gasteiger partial charge in [-0.25, -0.2) is 4.79 Å². The molecule has 2 rings (SSSR count). The highest BCUT2D eigenvalue weighted by Crippen LogP contribution is 2.40. The van der Waals surface area contributed by atoms with Gasteiger partial charge in [-0.1, -0.05) is 0 Å². The SMILES string of the molecule is CCN1CC(C(=O)NC(C)(C(=O)O)C2CC2)CC1=O. The molecule has 0 bridgehead atoms. The van der Waals surface area contributed by atoms with Crippen molar-refractivity contribution in [1.82, 2.24) is 10.2 Å². The molecule has 2 N–H and O–H groups in total. The van der Waals surface area contributed by atoms with E-state index in [1.165, 1.54) is 0 Å². The Bertz CT molecular complexity index is 419. The standard InChI is InChI=1S/C13H20N2O4/c1-3-15-7-8(6-10(15)16)11(17)14-13(2,12(18)19)9-4-5-9/h8-9H,3-7H2,1-2H3,(H,14,17)(H,18,19). The van der Waals surface area contributed by atoms with Gasteiger partial charge in [0.1, 0.15) is 5.54 Å². The average Bonchev–Trinajstić information content (AvgIpc) is 3.12. The van der Waals surface area contributed by atoms with Crippen LogP contribution in [0.1, 0.15) is 33.1 Å². The zero-order chi connectivity index (χ0) is 14.2. The number of likely N-dealkylation sites (tertiary alicyclic amines) is 1. The summed E-state index contributed by atoms with van der Waals surface area (Å²) in [5, 5.41) is 11.9. The van der Waals surface area contributed by atoms with Gasteiger partial charge in [-0.2, -0.15) is 0 Å². The molecule has 2 atom stereocenters. The molecule has 1 saturated heterocycles. The molecule has 0 radical (unpaired) electrons. The summed E-state index contributed by atoms with van der Waals surface area (Å²) in [5.41, 5.74) is -1.19. The summed E-state index contributed by atoms with van der Waals surface area (Å²) in [6.45, 7) is 4.39. The van der Waals surface area contributed by atoms with Crippen molar-refractivity contribution in [1.29, 1.82) is 0 Å². The van der Waals surface area contributed by atoms with Crippen LogP contribution in [0.3, 0.4) is 0 Å². The van der Waals surface area contributed by atoms with Crippen LogP contribution in [-0.4, -0.2) is 46.4 Å². The Morgan fingerprint density at radius 3 is 2.53 bits per heavy atom. The van der Waals surface area contributed by atoms with Gasteiger partial charge >= 0.3 is 5.97 Å². The lowest BCUT2D eigenvalue weighted by molar-refractivity contribution is -0.148. The van der Waals surface area contributed by atoms with Crippen molar-refractivity contribution in [3.63, 3.8) is 0 Å². The number of aliphatic carboxylic acids is 1. The number of hydrogen-bond donors (Lipinski definition) is 2. The first-order chi connectivity index (χ1) is 8.88. The molecule has 1 saturated carbocycles. The van der Waals surface area contributed by atoms with Crippen LogP contribution in [0.5, 0.6) is 0 Å². The third-order valence-corrected chi connectivity index (χ3v) is 4.19. The van der Waals surface area contributed by atoms with Crippen molar-refractivity contribution in [2.45, 2.75) is 38.6 Å². The van der Waals surface area contributed by atoms with Crippen molar-refractivity contribution >= 4 is 17.8 Å². The van der Waals surface area contributed by atoms with E-state index in [1.807, 2.05) is 6.92 Å². The number of carboxylic acids is 1. The van der Waals surface area contributed by atoms with Crippen LogP contribution < -0.4 is 5.32 Å². The molecular weight excluding hydrogens is 248 g/mol. The van der Waals surface area contributed by atoms with Gasteiger partial charge in [0.2, 0.25) is 11.8 Å². The van der Waals surface area contributed by atoms with E-state index in [1.54, 1.807) is 11.8 Å². The fourth-order valence-electron chi connectivity index (χ4n) is 2.60. The average molecular weight is 268 g/mol. The third-order valence-electron chi connectivity index (χ3n) is 4.19. The first-order valence-electron chi connectivity index (χ1n) is 6.71. The molecule has 106 valence electrons. The first kappa shape index (κ1) is 13.8. The molecule has 2 unspecified atom stereocenters. The summed E-state index contributed by atoms with van der Waals surface area (Å²) in [7, 11) is 0. The van der Waals surface area contributed by atoms with E-state index in [-0.39, 0.29) is 24.2 Å². The summed E-state index contributed by atoms with van der Waals surface area (Å²) < 4.78 is 0. The van der Waals surface area contributed by atoms with Gasteiger partial charge in [-0.3, -0.25) is 9.59 Å². The van der Waals surface area contributed by atoms with Gasteiger partial charge in [-0.15, -0.1) is 0 Å². The van der Waals surface area contributed by atoms with E-state index in [2.05, 4.69) is 5.32 Å². The Morgan fingerprint density at radius 2 is 2.11 bits per heavy atom. The van der Waals surface area contributed by atoms with Gasteiger partial charge < -0.3 is 15.3 Å². The van der Waals surface area contributed by atoms with E-state index in [0.717, 1.165) is 12.8 Å². The van der Waals surface area contributed by atoms with Gasteiger partial charge in [0.25, 0.3) is 0 Å². The fourth-order valence-corrected chi connectivity index (χ4v) is 2.60. The van der Waals surface area contributed by atoms with Crippen molar-refractivity contribution < 1.29 is 19.5 Å². The van der Waals surface area contributed by atoms with Crippen LogP contribution in [0, 0.1) is 11.8 Å². The summed E-state index contributed by atoms with van der Waals surface area (Å²) >= 11 is 0. The predicted molar refractivity (Wildman–Crippen MR) is 67.3 cm³/mol. The lowest BCUT2D eigenvalue weighted by Crippen LogP contribution is -2.55. The molecule has 2 amide bonds. The van der Waals surface area contributed by atoms with Gasteiger partial charge in [0.05, 0.1) is 5.92 Å². The molecule has 6 heteroatoms. The minimum absolute atomic E-state index is 0.00772. The Hall–Kier alpha value is -1.59. The van der Waals surface area contributed by atoms with Gasteiger partial charge in [0, 0.05) is 19.5 Å². The van der Waals surface area contributed by atoms with E-state index in [9.17, 15) is 19.5 Å². The second-order valence-electron chi connectivity index (χ2n) is 5.60. The number of carbonyl (C=O) groups excluding carboxylic acids is 2. The summed E-state index contributed by atoms with van der Waals surface area (Å²) in [6, 6.07) is 0. The monoisotopic (exact) mass is 268 g/mol. The largest absolute Gasteiger partial charge is 0.480 e. The number of carbonyl (C=O) groups is 3. The smallest absolute Gasteiger partial charge is 0.329 e. The van der Waals surface area contributed by atoms with Crippen LogP contribution in [0.2, 0.25) is 0 Å². The molecule has 6 nitrogen and oxygen atoms in total. The molecule has 2 fully saturated rings. The van der Waals surface area contributed by atoms with E-state index in [0.29, 0.717) is 13.1 Å². The Labute approximate surface area is 112 Å². The van der Waals surface area contributed by atoms with Crippen molar-refractivity contribution in [2.24, 2.45) is 11.8 Å². The summed E-state index contributed by atoms with van der Waals surface area (Å²) in [6.07, 6.45) is 1.83. The maximum absolute atomic E-state index is 12.2. The molecule has 1 heterocycles. The number of carboxylic acid groups (broad SMARTS) is 1. The Morgan fingerprint density at radius 1 is 1.47 bits per heavy atom. The number of hydrogen-bond acceptors (Lipinski definition) is 3. The lowest BCUT2D eigenvalue weighted by atomic mass is 9.94. The fraction of sp³-hybridized carbons (Fsp3) is 0.769. The van der Waals surface area contributed by atoms with Crippen molar-refractivity contribution in [3.8, 4) is 0 Å². The normalized spacial score (nSPS) is 26.1. The van der Waals surface area contributed by atoms with Gasteiger partial charge in [0.15, 0.2) is 0 Å². The molecule has 1 aliphatic heterocycles. The predicted octanol–water partition coefficient (Wildman–Crippen LogP) is 0.224. The van der Waals surface area contributed by atoms with Gasteiger partial charge in [-0.05, 0) is 32.6 Å². The molecule has 0 aromatic heterocycles. The van der Waals surface area contributed by atoms with E-state index >= 15 is 0 Å². The number of rotatable bonds is 5. The second kappa shape index (κ2) is 4.83. The van der Waals surface area contributed by atoms with Crippen LogP contribution in [0.25, 0.3) is 0 Å². The summed E-state index contributed by atoms with van der Waals surface area (Å²) in [5.74, 6) is -1.77. The number of nitrogens with one attached hydrogen (secondary N) is 1. The number of nitrogens with zero attached hydrogens (tertiary/aromatic N) is 1.